The van der Waals surface area contributed by atoms with Crippen molar-refractivity contribution >= 4 is 28.3 Å². The number of hydrogen-bond acceptors (Lipinski definition) is 4. The molecule has 0 saturated carbocycles. The van der Waals surface area contributed by atoms with E-state index < -0.39 is 0 Å². The first-order valence-electron chi connectivity index (χ1n) is 7.77. The van der Waals surface area contributed by atoms with Crippen molar-refractivity contribution in [2.45, 2.75) is 10.0 Å². The predicted molar refractivity (Wildman–Crippen MR) is 101 cm³/mol. The van der Waals surface area contributed by atoms with Crippen LogP contribution in [0.4, 0.5) is 5.69 Å². The van der Waals surface area contributed by atoms with Crippen LogP contribution in [-0.2, 0) is 0 Å². The fourth-order valence-electron chi connectivity index (χ4n) is 2.67. The van der Waals surface area contributed by atoms with E-state index in [1.165, 1.54) is 0 Å². The number of hydrogen-bond donors (Lipinski definition) is 1. The van der Waals surface area contributed by atoms with Crippen molar-refractivity contribution in [2.75, 3.05) is 32.0 Å². The van der Waals surface area contributed by atoms with Crippen LogP contribution in [0, 0.1) is 0 Å². The van der Waals surface area contributed by atoms with Gasteiger partial charge in [0.05, 0.1) is 5.69 Å². The molecule has 2 aromatic carbocycles. The highest BCUT2D eigenvalue weighted by molar-refractivity contribution is 14.1. The highest BCUT2D eigenvalue weighted by Gasteiger charge is 2.37. The third-order valence-electron chi connectivity index (χ3n) is 3.89. The zero-order valence-corrected chi connectivity index (χ0v) is 15.1. The minimum absolute atomic E-state index is 0.222. The lowest BCUT2D eigenvalue weighted by atomic mass is 10.3. The van der Waals surface area contributed by atoms with Gasteiger partial charge in [0.2, 0.25) is 0 Å². The smallest absolute Gasteiger partial charge is 0.173 e. The van der Waals surface area contributed by atoms with E-state index in [0.717, 1.165) is 37.6 Å². The van der Waals surface area contributed by atoms with E-state index in [4.69, 9.17) is 15.2 Å². The maximum absolute atomic E-state index is 6.17. The van der Waals surface area contributed by atoms with Gasteiger partial charge in [0.15, 0.2) is 3.61 Å². The molecule has 0 bridgehead atoms. The zero-order valence-electron chi connectivity index (χ0n) is 13.0. The predicted octanol–water partition coefficient (Wildman–Crippen LogP) is 3.56. The number of rotatable bonds is 6. The number of halogens is 1. The molecule has 1 unspecified atom stereocenters. The summed E-state index contributed by atoms with van der Waals surface area (Å²) in [6, 6.07) is 17.6. The van der Waals surface area contributed by atoms with Crippen LogP contribution in [-0.4, -0.2) is 34.7 Å². The van der Waals surface area contributed by atoms with Crippen molar-refractivity contribution in [1.82, 2.24) is 4.90 Å². The molecular weight excluding hydrogens is 403 g/mol. The van der Waals surface area contributed by atoms with Crippen LogP contribution in [0.1, 0.15) is 6.42 Å². The highest BCUT2D eigenvalue weighted by atomic mass is 127. The molecule has 4 nitrogen and oxygen atoms in total. The van der Waals surface area contributed by atoms with Crippen molar-refractivity contribution in [2.24, 2.45) is 0 Å². The van der Waals surface area contributed by atoms with Crippen LogP contribution < -0.4 is 15.2 Å². The first-order valence-corrected chi connectivity index (χ1v) is 8.85. The van der Waals surface area contributed by atoms with Crippen molar-refractivity contribution in [3.8, 4) is 11.5 Å². The van der Waals surface area contributed by atoms with Crippen molar-refractivity contribution in [3.05, 3.63) is 54.6 Å². The molecule has 1 heterocycles. The van der Waals surface area contributed by atoms with Gasteiger partial charge in [-0.1, -0.05) is 30.3 Å². The maximum Gasteiger partial charge on any atom is 0.173 e. The zero-order chi connectivity index (χ0) is 16.1. The number of benzene rings is 2. The van der Waals surface area contributed by atoms with E-state index >= 15 is 0 Å². The normalized spacial score (nSPS) is 21.3. The molecule has 1 atom stereocenters. The topological polar surface area (TPSA) is 47.7 Å². The average Bonchev–Trinajstić information content (AvgIpc) is 2.92. The number of likely N-dealkylation sites (tertiary alicyclic amines) is 1. The lowest BCUT2D eigenvalue weighted by Gasteiger charge is -2.25. The summed E-state index contributed by atoms with van der Waals surface area (Å²) < 4.78 is 11.7. The Bertz CT molecular complexity index is 638. The van der Waals surface area contributed by atoms with E-state index in [1.807, 2.05) is 54.6 Å². The highest BCUT2D eigenvalue weighted by Crippen LogP contribution is 2.35. The van der Waals surface area contributed by atoms with Gasteiger partial charge in [0.25, 0.3) is 0 Å². The lowest BCUT2D eigenvalue weighted by molar-refractivity contribution is 0.175. The van der Waals surface area contributed by atoms with Crippen LogP contribution in [0.25, 0.3) is 0 Å². The first-order chi connectivity index (χ1) is 11.1. The van der Waals surface area contributed by atoms with Gasteiger partial charge in [-0.3, -0.25) is 4.90 Å². The molecule has 0 aliphatic carbocycles. The second-order valence-electron chi connectivity index (χ2n) is 5.71. The van der Waals surface area contributed by atoms with E-state index in [9.17, 15) is 0 Å². The van der Waals surface area contributed by atoms with Crippen LogP contribution in [0.2, 0.25) is 0 Å². The molecule has 1 fully saturated rings. The van der Waals surface area contributed by atoms with Gasteiger partial charge in [-0.2, -0.15) is 0 Å². The van der Waals surface area contributed by atoms with Gasteiger partial charge >= 0.3 is 0 Å². The second-order valence-corrected chi connectivity index (χ2v) is 7.68. The van der Waals surface area contributed by atoms with Crippen molar-refractivity contribution < 1.29 is 9.47 Å². The maximum atomic E-state index is 6.17. The molecule has 2 N–H and O–H groups in total. The Hall–Kier alpha value is -1.47. The van der Waals surface area contributed by atoms with E-state index in [0.29, 0.717) is 12.3 Å². The number of ether oxygens (including phenoxy) is 2. The summed E-state index contributed by atoms with van der Waals surface area (Å²) >= 11 is 2.40. The molecule has 0 radical (unpaired) electrons. The van der Waals surface area contributed by atoms with Crippen LogP contribution in [0.5, 0.6) is 11.5 Å². The third kappa shape index (κ3) is 4.51. The van der Waals surface area contributed by atoms with Gasteiger partial charge in [0.1, 0.15) is 18.1 Å². The number of nitrogens with zero attached hydrogens (tertiary/aromatic N) is 1. The Labute approximate surface area is 150 Å². The van der Waals surface area contributed by atoms with Gasteiger partial charge in [-0.25, -0.2) is 0 Å². The fraction of sp³-hybridized carbons (Fsp3) is 0.333. The Balaban J connectivity index is 1.48. The number of nitrogen functional groups attached to an aromatic ring is 1. The summed E-state index contributed by atoms with van der Waals surface area (Å²) in [6.07, 6.45) is 0.979. The molecule has 0 amide bonds. The average molecular weight is 424 g/mol. The summed E-state index contributed by atoms with van der Waals surface area (Å²) in [5.74, 6) is 1.69. The summed E-state index contributed by atoms with van der Waals surface area (Å²) in [7, 11) is 0. The summed E-state index contributed by atoms with van der Waals surface area (Å²) in [6.45, 7) is 3.46. The van der Waals surface area contributed by atoms with Crippen LogP contribution in [0.15, 0.2) is 54.6 Å². The molecule has 0 spiro atoms. The number of nitrogens with two attached hydrogens (primary N) is 1. The Morgan fingerprint density at radius 1 is 1.09 bits per heavy atom. The van der Waals surface area contributed by atoms with E-state index in [1.54, 1.807) is 0 Å². The lowest BCUT2D eigenvalue weighted by Crippen LogP contribution is -2.34. The SMILES string of the molecule is Nc1ccccc1OC1(I)CCN(CCOc2ccccc2)C1. The summed E-state index contributed by atoms with van der Waals surface area (Å²) in [5, 5.41) is 0. The standard InChI is InChI=1S/C18H21IN2O2/c19-18(23-17-9-5-4-8-16(17)20)10-11-21(14-18)12-13-22-15-6-2-1-3-7-15/h1-9H,10-14,20H2. The number of para-hydroxylation sites is 3. The molecule has 0 aromatic heterocycles. The third-order valence-corrected chi connectivity index (χ3v) is 4.99. The molecule has 2 aromatic rings. The van der Waals surface area contributed by atoms with Crippen LogP contribution in [0.3, 0.4) is 0 Å². The molecule has 1 saturated heterocycles. The van der Waals surface area contributed by atoms with Gasteiger partial charge < -0.3 is 15.2 Å². The molecule has 1 aliphatic heterocycles. The van der Waals surface area contributed by atoms with Gasteiger partial charge in [-0.15, -0.1) is 0 Å². The van der Waals surface area contributed by atoms with E-state index in [-0.39, 0.29) is 3.61 Å². The molecule has 5 heteroatoms. The Kier molecular flexibility index (Phi) is 5.27. The quantitative estimate of drug-likeness (QED) is 0.438. The monoisotopic (exact) mass is 424 g/mol. The molecule has 3 rings (SSSR count). The van der Waals surface area contributed by atoms with Gasteiger partial charge in [0, 0.05) is 26.1 Å². The number of alkyl halides is 1. The van der Waals surface area contributed by atoms with Gasteiger partial charge in [-0.05, 0) is 46.9 Å². The first kappa shape index (κ1) is 16.4. The summed E-state index contributed by atoms with van der Waals surface area (Å²) in [4.78, 5) is 2.37. The second kappa shape index (κ2) is 7.40. The molecule has 23 heavy (non-hydrogen) atoms. The minimum atomic E-state index is -0.222. The van der Waals surface area contributed by atoms with Crippen molar-refractivity contribution in [1.29, 1.82) is 0 Å². The largest absolute Gasteiger partial charge is 0.492 e. The number of anilines is 1. The Morgan fingerprint density at radius 3 is 2.61 bits per heavy atom. The summed E-state index contributed by atoms with van der Waals surface area (Å²) in [5.41, 5.74) is 6.66. The van der Waals surface area contributed by atoms with Crippen molar-refractivity contribution in [3.63, 3.8) is 0 Å². The molecule has 1 aliphatic rings. The minimum Gasteiger partial charge on any atom is -0.492 e. The fourth-order valence-corrected chi connectivity index (χ4v) is 3.63. The van der Waals surface area contributed by atoms with E-state index in [2.05, 4.69) is 27.5 Å². The molecule has 122 valence electrons. The van der Waals surface area contributed by atoms with Crippen LogP contribution >= 0.6 is 22.6 Å². The molecular formula is C18H21IN2O2. The Morgan fingerprint density at radius 2 is 1.83 bits per heavy atom.